The van der Waals surface area contributed by atoms with Crippen LogP contribution in [-0.2, 0) is 4.79 Å². The van der Waals surface area contributed by atoms with Gasteiger partial charge in [-0.2, -0.15) is 10.4 Å². The van der Waals surface area contributed by atoms with Crippen molar-refractivity contribution in [2.45, 2.75) is 6.92 Å². The molecule has 5 nitrogen and oxygen atoms in total. The Bertz CT molecular complexity index is 1070. The van der Waals surface area contributed by atoms with Gasteiger partial charge in [-0.15, -0.1) is 0 Å². The molecule has 0 fully saturated rings. The Hall–Kier alpha value is -3.07. The van der Waals surface area contributed by atoms with Crippen LogP contribution >= 0.6 is 23.2 Å². The van der Waals surface area contributed by atoms with Gasteiger partial charge in [0.2, 0.25) is 0 Å². The topological polar surface area (TPSA) is 70.7 Å². The molecule has 0 aliphatic rings. The monoisotopic (exact) mass is 396 g/mol. The first-order valence-corrected chi connectivity index (χ1v) is 8.75. The molecule has 27 heavy (non-hydrogen) atoms. The number of nitriles is 1. The van der Waals surface area contributed by atoms with E-state index in [0.29, 0.717) is 27.1 Å². The number of carbonyl (C=O) groups is 1. The van der Waals surface area contributed by atoms with Gasteiger partial charge in [-0.3, -0.25) is 4.79 Å². The summed E-state index contributed by atoms with van der Waals surface area (Å²) in [4.78, 5) is 12.5. The number of rotatable bonds is 4. The van der Waals surface area contributed by atoms with Crippen LogP contribution < -0.4 is 5.32 Å². The smallest absolute Gasteiger partial charge is 0.266 e. The van der Waals surface area contributed by atoms with E-state index in [-0.39, 0.29) is 5.57 Å². The Morgan fingerprint density at radius 3 is 2.48 bits per heavy atom. The molecule has 0 aliphatic carbocycles. The van der Waals surface area contributed by atoms with Crippen molar-refractivity contribution < 1.29 is 4.79 Å². The van der Waals surface area contributed by atoms with E-state index in [4.69, 9.17) is 23.2 Å². The van der Waals surface area contributed by atoms with Gasteiger partial charge in [-0.1, -0.05) is 53.5 Å². The van der Waals surface area contributed by atoms with Crippen LogP contribution in [0.2, 0.25) is 10.2 Å². The Kier molecular flexibility index (Phi) is 5.60. The molecule has 7 heteroatoms. The highest BCUT2D eigenvalue weighted by Crippen LogP contribution is 2.26. The summed E-state index contributed by atoms with van der Waals surface area (Å²) in [6, 6.07) is 18.1. The molecule has 1 aromatic heterocycles. The molecular formula is C20H14Cl2N4O. The summed E-state index contributed by atoms with van der Waals surface area (Å²) in [5, 5.41) is 17.2. The maximum atomic E-state index is 12.5. The van der Waals surface area contributed by atoms with E-state index in [1.165, 1.54) is 6.08 Å². The zero-order chi connectivity index (χ0) is 19.4. The number of halogens is 2. The minimum absolute atomic E-state index is 0.104. The van der Waals surface area contributed by atoms with Crippen molar-refractivity contribution in [3.63, 3.8) is 0 Å². The molecule has 0 saturated heterocycles. The average molecular weight is 397 g/mol. The fourth-order valence-corrected chi connectivity index (χ4v) is 2.97. The molecule has 0 unspecified atom stereocenters. The molecule has 1 amide bonds. The van der Waals surface area contributed by atoms with Gasteiger partial charge in [0.1, 0.15) is 16.8 Å². The minimum Gasteiger partial charge on any atom is -0.320 e. The van der Waals surface area contributed by atoms with Crippen molar-refractivity contribution >= 4 is 40.9 Å². The first-order valence-electron chi connectivity index (χ1n) is 7.99. The largest absolute Gasteiger partial charge is 0.320 e. The molecule has 3 rings (SSSR count). The Balaban J connectivity index is 1.95. The maximum Gasteiger partial charge on any atom is 0.266 e. The maximum absolute atomic E-state index is 12.5. The lowest BCUT2D eigenvalue weighted by Gasteiger charge is -2.06. The summed E-state index contributed by atoms with van der Waals surface area (Å²) in [5.74, 6) is -0.575. The Labute approximate surface area is 166 Å². The predicted octanol–water partition coefficient (Wildman–Crippen LogP) is 5.03. The standard InChI is InChI=1S/C20H14Cl2N4O/c1-13-16(19(22)26(25-13)15-7-3-2-4-8-15)11-14(12-23)20(27)24-18-10-6-5-9-17(18)21/h2-11H,1H3,(H,24,27)/b14-11+. The van der Waals surface area contributed by atoms with Crippen LogP contribution in [0.5, 0.6) is 0 Å². The van der Waals surface area contributed by atoms with Gasteiger partial charge in [0, 0.05) is 5.56 Å². The van der Waals surface area contributed by atoms with E-state index in [1.807, 2.05) is 36.4 Å². The third-order valence-corrected chi connectivity index (χ3v) is 4.52. The van der Waals surface area contributed by atoms with Crippen molar-refractivity contribution in [2.75, 3.05) is 5.32 Å². The number of nitrogens with zero attached hydrogens (tertiary/aromatic N) is 3. The van der Waals surface area contributed by atoms with Gasteiger partial charge >= 0.3 is 0 Å². The summed E-state index contributed by atoms with van der Waals surface area (Å²) >= 11 is 12.5. The lowest BCUT2D eigenvalue weighted by atomic mass is 10.1. The van der Waals surface area contributed by atoms with Crippen molar-refractivity contribution in [1.29, 1.82) is 5.26 Å². The summed E-state index contributed by atoms with van der Waals surface area (Å²) in [7, 11) is 0. The molecule has 0 radical (unpaired) electrons. The fourth-order valence-electron chi connectivity index (χ4n) is 2.46. The van der Waals surface area contributed by atoms with Crippen LogP contribution in [-0.4, -0.2) is 15.7 Å². The number of benzene rings is 2. The van der Waals surface area contributed by atoms with Gasteiger partial charge < -0.3 is 5.32 Å². The number of hydrogen-bond acceptors (Lipinski definition) is 3. The van der Waals surface area contributed by atoms with Crippen LogP contribution in [0.15, 0.2) is 60.2 Å². The van der Waals surface area contributed by atoms with E-state index in [2.05, 4.69) is 10.4 Å². The quantitative estimate of drug-likeness (QED) is 0.496. The number of amides is 1. The van der Waals surface area contributed by atoms with Crippen LogP contribution in [0.1, 0.15) is 11.3 Å². The highest BCUT2D eigenvalue weighted by molar-refractivity contribution is 6.34. The average Bonchev–Trinajstić information content (AvgIpc) is 2.96. The molecule has 1 heterocycles. The highest BCUT2D eigenvalue weighted by atomic mass is 35.5. The predicted molar refractivity (Wildman–Crippen MR) is 107 cm³/mol. The van der Waals surface area contributed by atoms with E-state index in [0.717, 1.165) is 5.69 Å². The molecule has 0 spiro atoms. The molecule has 0 saturated carbocycles. The molecule has 3 aromatic rings. The van der Waals surface area contributed by atoms with Crippen LogP contribution in [0.25, 0.3) is 11.8 Å². The molecule has 0 atom stereocenters. The first-order chi connectivity index (χ1) is 13.0. The van der Waals surface area contributed by atoms with E-state index in [1.54, 1.807) is 35.9 Å². The van der Waals surface area contributed by atoms with Crippen LogP contribution in [0.3, 0.4) is 0 Å². The SMILES string of the molecule is Cc1nn(-c2ccccc2)c(Cl)c1/C=C(\C#N)C(=O)Nc1ccccc1Cl. The molecule has 134 valence electrons. The number of carbonyl (C=O) groups excluding carboxylic acids is 1. The molecule has 1 N–H and O–H groups in total. The Morgan fingerprint density at radius 1 is 1.15 bits per heavy atom. The third-order valence-electron chi connectivity index (χ3n) is 3.82. The number of anilines is 1. The highest BCUT2D eigenvalue weighted by Gasteiger charge is 2.17. The number of nitrogens with one attached hydrogen (secondary N) is 1. The number of aryl methyl sites for hydroxylation is 1. The van der Waals surface area contributed by atoms with E-state index >= 15 is 0 Å². The fraction of sp³-hybridized carbons (Fsp3) is 0.0500. The molecule has 0 aliphatic heterocycles. The summed E-state index contributed by atoms with van der Waals surface area (Å²) in [5.41, 5.74) is 2.21. The van der Waals surface area contributed by atoms with Gasteiger partial charge in [0.15, 0.2) is 0 Å². The second-order valence-corrected chi connectivity index (χ2v) is 6.41. The molecule has 0 bridgehead atoms. The van der Waals surface area contributed by atoms with Gasteiger partial charge in [-0.25, -0.2) is 4.68 Å². The summed E-state index contributed by atoms with van der Waals surface area (Å²) < 4.78 is 1.56. The van der Waals surface area contributed by atoms with Crippen LogP contribution in [0, 0.1) is 18.3 Å². The second kappa shape index (κ2) is 8.09. The van der Waals surface area contributed by atoms with E-state index < -0.39 is 5.91 Å². The lowest BCUT2D eigenvalue weighted by molar-refractivity contribution is -0.112. The number of aromatic nitrogens is 2. The van der Waals surface area contributed by atoms with E-state index in [9.17, 15) is 10.1 Å². The van der Waals surface area contributed by atoms with Gasteiger partial charge in [0.05, 0.1) is 22.1 Å². The van der Waals surface area contributed by atoms with Crippen molar-refractivity contribution in [1.82, 2.24) is 9.78 Å². The second-order valence-electron chi connectivity index (χ2n) is 5.64. The third kappa shape index (κ3) is 4.03. The van der Waals surface area contributed by atoms with Gasteiger partial charge in [0.25, 0.3) is 5.91 Å². The molecule has 2 aromatic carbocycles. The normalized spacial score (nSPS) is 11.1. The number of para-hydroxylation sites is 2. The minimum atomic E-state index is -0.575. The first kappa shape index (κ1) is 18.7. The van der Waals surface area contributed by atoms with Crippen molar-refractivity contribution in [3.05, 3.63) is 81.6 Å². The van der Waals surface area contributed by atoms with Crippen molar-refractivity contribution in [2.24, 2.45) is 0 Å². The lowest BCUT2D eigenvalue weighted by Crippen LogP contribution is -2.13. The number of hydrogen-bond donors (Lipinski definition) is 1. The summed E-state index contributed by atoms with van der Waals surface area (Å²) in [6.07, 6.45) is 1.43. The molecular weight excluding hydrogens is 383 g/mol. The van der Waals surface area contributed by atoms with Crippen molar-refractivity contribution in [3.8, 4) is 11.8 Å². The van der Waals surface area contributed by atoms with Gasteiger partial charge in [-0.05, 0) is 37.3 Å². The zero-order valence-electron chi connectivity index (χ0n) is 14.3. The summed E-state index contributed by atoms with van der Waals surface area (Å²) in [6.45, 7) is 1.76. The van der Waals surface area contributed by atoms with Crippen LogP contribution in [0.4, 0.5) is 5.69 Å². The zero-order valence-corrected chi connectivity index (χ0v) is 15.8. The Morgan fingerprint density at radius 2 is 1.81 bits per heavy atom.